The Bertz CT molecular complexity index is 342. The second-order valence-electron chi connectivity index (χ2n) is 4.58. The molecule has 4 nitrogen and oxygen atoms in total. The minimum Gasteiger partial charge on any atom is -0.416 e. The minimum absolute atomic E-state index is 0.652. The van der Waals surface area contributed by atoms with E-state index in [1.165, 1.54) is 25.7 Å². The Labute approximate surface area is 107 Å². The summed E-state index contributed by atoms with van der Waals surface area (Å²) in [6.45, 7) is 5.09. The minimum atomic E-state index is 0.652. The Kier molecular flexibility index (Phi) is 4.86. The van der Waals surface area contributed by atoms with Crippen LogP contribution in [-0.4, -0.2) is 28.5 Å². The fraction of sp³-hybridized carbons (Fsp3) is 0.833. The Morgan fingerprint density at radius 3 is 3.00 bits per heavy atom. The summed E-state index contributed by atoms with van der Waals surface area (Å²) < 4.78 is 5.35. The van der Waals surface area contributed by atoms with E-state index >= 15 is 0 Å². The largest absolute Gasteiger partial charge is 0.416 e. The first-order valence-electron chi connectivity index (χ1n) is 6.46. The molecular formula is C12H21N3OS. The average molecular weight is 255 g/mol. The van der Waals surface area contributed by atoms with Crippen molar-refractivity contribution in [3.8, 4) is 0 Å². The molecule has 0 aromatic carbocycles. The lowest BCUT2D eigenvalue weighted by Gasteiger charge is -2.19. The number of hydrogen-bond donors (Lipinski definition) is 1. The van der Waals surface area contributed by atoms with E-state index in [1.54, 1.807) is 11.8 Å². The van der Waals surface area contributed by atoms with E-state index < -0.39 is 0 Å². The van der Waals surface area contributed by atoms with Crippen LogP contribution < -0.4 is 5.32 Å². The van der Waals surface area contributed by atoms with Gasteiger partial charge >= 0.3 is 0 Å². The van der Waals surface area contributed by atoms with Crippen molar-refractivity contribution in [2.75, 3.05) is 12.3 Å². The van der Waals surface area contributed by atoms with Crippen molar-refractivity contribution in [1.82, 2.24) is 15.5 Å². The Morgan fingerprint density at radius 1 is 1.41 bits per heavy atom. The highest BCUT2D eigenvalue weighted by Crippen LogP contribution is 2.30. The Morgan fingerprint density at radius 2 is 2.29 bits per heavy atom. The first-order chi connectivity index (χ1) is 8.29. The van der Waals surface area contributed by atoms with Gasteiger partial charge in [0.25, 0.3) is 5.22 Å². The lowest BCUT2D eigenvalue weighted by Crippen LogP contribution is -2.32. The van der Waals surface area contributed by atoms with Gasteiger partial charge in [0.05, 0.1) is 0 Å². The molecule has 1 aliphatic rings. The van der Waals surface area contributed by atoms with E-state index in [0.717, 1.165) is 24.3 Å². The van der Waals surface area contributed by atoms with E-state index in [1.807, 2.05) is 6.92 Å². The molecule has 1 N–H and O–H groups in total. The number of rotatable bonds is 6. The van der Waals surface area contributed by atoms with Gasteiger partial charge in [-0.05, 0) is 31.7 Å². The molecule has 1 aliphatic carbocycles. The zero-order valence-electron chi connectivity index (χ0n) is 10.6. The Balaban J connectivity index is 1.70. The summed E-state index contributed by atoms with van der Waals surface area (Å²) in [6.07, 6.45) is 5.31. The molecule has 2 rings (SSSR count). The number of hydrogen-bond acceptors (Lipinski definition) is 5. The first kappa shape index (κ1) is 12.9. The molecule has 0 spiro atoms. The number of aromatic nitrogens is 2. The molecule has 2 unspecified atom stereocenters. The van der Waals surface area contributed by atoms with Crippen LogP contribution in [0.5, 0.6) is 0 Å². The van der Waals surface area contributed by atoms with Crippen LogP contribution in [0.3, 0.4) is 0 Å². The van der Waals surface area contributed by atoms with E-state index in [0.29, 0.717) is 11.1 Å². The van der Waals surface area contributed by atoms with Gasteiger partial charge in [0.1, 0.15) is 0 Å². The zero-order valence-corrected chi connectivity index (χ0v) is 11.4. The van der Waals surface area contributed by atoms with Crippen molar-refractivity contribution in [3.05, 3.63) is 5.89 Å². The number of aryl methyl sites for hydroxylation is 1. The Hall–Kier alpha value is -0.550. The van der Waals surface area contributed by atoms with Crippen LogP contribution in [-0.2, 0) is 0 Å². The van der Waals surface area contributed by atoms with Crippen molar-refractivity contribution >= 4 is 11.8 Å². The molecule has 0 aliphatic heterocycles. The molecule has 2 atom stereocenters. The highest BCUT2D eigenvalue weighted by Gasteiger charge is 2.25. The molecule has 0 saturated heterocycles. The third kappa shape index (κ3) is 3.71. The molecular weight excluding hydrogens is 234 g/mol. The summed E-state index contributed by atoms with van der Waals surface area (Å²) in [4.78, 5) is 0. The molecule has 1 aromatic rings. The van der Waals surface area contributed by atoms with Gasteiger partial charge in [-0.3, -0.25) is 0 Å². The average Bonchev–Trinajstić information content (AvgIpc) is 2.90. The summed E-state index contributed by atoms with van der Waals surface area (Å²) in [5.41, 5.74) is 0. The van der Waals surface area contributed by atoms with Crippen molar-refractivity contribution in [2.45, 2.75) is 50.8 Å². The monoisotopic (exact) mass is 255 g/mol. The summed E-state index contributed by atoms with van der Waals surface area (Å²) in [5.74, 6) is 2.55. The topological polar surface area (TPSA) is 51.0 Å². The molecule has 1 fully saturated rings. The number of thioether (sulfide) groups is 1. The summed E-state index contributed by atoms with van der Waals surface area (Å²) in [5, 5.41) is 12.1. The second-order valence-corrected chi connectivity index (χ2v) is 5.63. The first-order valence-corrected chi connectivity index (χ1v) is 7.44. The van der Waals surface area contributed by atoms with Gasteiger partial charge in [0.2, 0.25) is 5.89 Å². The fourth-order valence-electron chi connectivity index (χ4n) is 2.55. The van der Waals surface area contributed by atoms with Crippen LogP contribution in [0, 0.1) is 12.8 Å². The quantitative estimate of drug-likeness (QED) is 0.792. The smallest absolute Gasteiger partial charge is 0.276 e. The molecule has 0 bridgehead atoms. The maximum Gasteiger partial charge on any atom is 0.276 e. The summed E-state index contributed by atoms with van der Waals surface area (Å²) in [6, 6.07) is 0.727. The number of nitrogens with one attached hydrogen (secondary N) is 1. The molecule has 1 heterocycles. The van der Waals surface area contributed by atoms with Gasteiger partial charge in [-0.25, -0.2) is 0 Å². The molecule has 0 radical (unpaired) electrons. The van der Waals surface area contributed by atoms with Crippen LogP contribution in [0.1, 0.15) is 38.5 Å². The third-order valence-electron chi connectivity index (χ3n) is 3.35. The highest BCUT2D eigenvalue weighted by atomic mass is 32.2. The van der Waals surface area contributed by atoms with Crippen molar-refractivity contribution in [1.29, 1.82) is 0 Å². The number of nitrogens with zero attached hydrogens (tertiary/aromatic N) is 2. The van der Waals surface area contributed by atoms with Gasteiger partial charge in [0.15, 0.2) is 0 Å². The molecule has 1 saturated carbocycles. The predicted molar refractivity (Wildman–Crippen MR) is 69.2 cm³/mol. The maximum atomic E-state index is 5.35. The van der Waals surface area contributed by atoms with Crippen molar-refractivity contribution < 1.29 is 4.42 Å². The highest BCUT2D eigenvalue weighted by molar-refractivity contribution is 7.99. The van der Waals surface area contributed by atoms with Gasteiger partial charge in [0, 0.05) is 18.7 Å². The molecule has 0 amide bonds. The van der Waals surface area contributed by atoms with E-state index in [2.05, 4.69) is 22.4 Å². The van der Waals surface area contributed by atoms with Crippen molar-refractivity contribution in [3.63, 3.8) is 0 Å². The lowest BCUT2D eigenvalue weighted by molar-refractivity contribution is 0.398. The van der Waals surface area contributed by atoms with Gasteiger partial charge in [-0.1, -0.05) is 25.1 Å². The van der Waals surface area contributed by atoms with Crippen molar-refractivity contribution in [2.24, 2.45) is 5.92 Å². The van der Waals surface area contributed by atoms with Crippen LogP contribution in [0.4, 0.5) is 0 Å². The van der Waals surface area contributed by atoms with Gasteiger partial charge in [-0.2, -0.15) is 0 Å². The second kappa shape index (κ2) is 6.40. The standard InChI is InChI=1S/C12H21N3OS/c1-3-13-11-6-4-5-10(11)7-8-17-12-15-14-9(2)16-12/h10-11,13H,3-8H2,1-2H3. The lowest BCUT2D eigenvalue weighted by atomic mass is 10.0. The normalized spacial score (nSPS) is 24.4. The summed E-state index contributed by atoms with van der Waals surface area (Å²) in [7, 11) is 0. The maximum absolute atomic E-state index is 5.35. The molecule has 5 heteroatoms. The van der Waals surface area contributed by atoms with Crippen LogP contribution in [0.15, 0.2) is 9.64 Å². The van der Waals surface area contributed by atoms with E-state index in [9.17, 15) is 0 Å². The van der Waals surface area contributed by atoms with Gasteiger partial charge in [-0.15, -0.1) is 10.2 Å². The van der Waals surface area contributed by atoms with Crippen LogP contribution in [0.25, 0.3) is 0 Å². The SMILES string of the molecule is CCNC1CCCC1CCSc1nnc(C)o1. The van der Waals surface area contributed by atoms with Crippen LogP contribution >= 0.6 is 11.8 Å². The van der Waals surface area contributed by atoms with E-state index in [-0.39, 0.29) is 0 Å². The molecule has 96 valence electrons. The fourth-order valence-corrected chi connectivity index (χ4v) is 3.42. The van der Waals surface area contributed by atoms with Gasteiger partial charge < -0.3 is 9.73 Å². The molecule has 17 heavy (non-hydrogen) atoms. The predicted octanol–water partition coefficient (Wildman–Crippen LogP) is 2.64. The van der Waals surface area contributed by atoms with Crippen LogP contribution in [0.2, 0.25) is 0 Å². The molecule has 1 aromatic heterocycles. The third-order valence-corrected chi connectivity index (χ3v) is 4.20. The van der Waals surface area contributed by atoms with E-state index in [4.69, 9.17) is 4.42 Å². The zero-order chi connectivity index (χ0) is 12.1. The summed E-state index contributed by atoms with van der Waals surface area (Å²) >= 11 is 1.68.